The van der Waals surface area contributed by atoms with E-state index >= 15 is 0 Å². The fraction of sp³-hybridized carbons (Fsp3) is 0.400. The summed E-state index contributed by atoms with van der Waals surface area (Å²) in [5.41, 5.74) is 11.5. The van der Waals surface area contributed by atoms with E-state index in [9.17, 15) is 0 Å². The minimum atomic E-state index is 0.171. The van der Waals surface area contributed by atoms with Gasteiger partial charge in [-0.25, -0.2) is 4.98 Å². The van der Waals surface area contributed by atoms with Gasteiger partial charge in [-0.1, -0.05) is 19.3 Å². The van der Waals surface area contributed by atoms with E-state index in [-0.39, 0.29) is 5.95 Å². The number of rotatable bonds is 2. The van der Waals surface area contributed by atoms with Crippen molar-refractivity contribution in [3.8, 4) is 11.8 Å². The van der Waals surface area contributed by atoms with E-state index in [0.29, 0.717) is 11.5 Å². The molecular weight excluding hydrogens is 176 g/mol. The van der Waals surface area contributed by atoms with Crippen LogP contribution in [0.1, 0.15) is 31.9 Å². The van der Waals surface area contributed by atoms with Gasteiger partial charge < -0.3 is 11.5 Å². The molecule has 0 aromatic carbocycles. The van der Waals surface area contributed by atoms with Gasteiger partial charge in [0.25, 0.3) is 0 Å². The molecule has 0 fully saturated rings. The minimum Gasteiger partial charge on any atom is -0.383 e. The molecule has 1 aromatic heterocycles. The number of anilines is 2. The predicted octanol–water partition coefficient (Wildman–Crippen LogP) is 1.18. The van der Waals surface area contributed by atoms with Gasteiger partial charge in [-0.3, -0.25) is 0 Å². The molecule has 14 heavy (non-hydrogen) atoms. The van der Waals surface area contributed by atoms with E-state index < -0.39 is 0 Å². The molecule has 74 valence electrons. The van der Waals surface area contributed by atoms with E-state index in [1.807, 2.05) is 0 Å². The first-order valence-corrected chi connectivity index (χ1v) is 4.61. The normalized spacial score (nSPS) is 9.21. The molecule has 0 aliphatic carbocycles. The van der Waals surface area contributed by atoms with E-state index in [1.165, 1.54) is 0 Å². The van der Waals surface area contributed by atoms with Crippen LogP contribution in [0.3, 0.4) is 0 Å². The lowest BCUT2D eigenvalue weighted by Gasteiger charge is -1.95. The Balaban J connectivity index is 2.69. The van der Waals surface area contributed by atoms with Crippen molar-refractivity contribution >= 4 is 11.8 Å². The highest BCUT2D eigenvalue weighted by atomic mass is 15.0. The molecule has 4 heteroatoms. The summed E-state index contributed by atoms with van der Waals surface area (Å²) in [6.45, 7) is 2.13. The highest BCUT2D eigenvalue weighted by Crippen LogP contribution is 2.02. The van der Waals surface area contributed by atoms with Gasteiger partial charge in [-0.15, -0.1) is 0 Å². The maximum Gasteiger partial charge on any atom is 0.223 e. The van der Waals surface area contributed by atoms with Crippen LogP contribution < -0.4 is 11.5 Å². The first-order chi connectivity index (χ1) is 6.72. The molecule has 0 spiro atoms. The first-order valence-electron chi connectivity index (χ1n) is 4.61. The standard InChI is InChI=1S/C10H14N4/c1-2-3-4-5-6-8-7-9(11)14-10(12)13-8/h7H,2-4H2,1H3,(H4,11,12,13,14). The number of aromatic nitrogens is 2. The summed E-state index contributed by atoms with van der Waals surface area (Å²) in [6.07, 6.45) is 3.12. The monoisotopic (exact) mass is 190 g/mol. The van der Waals surface area contributed by atoms with E-state index in [2.05, 4.69) is 28.7 Å². The molecule has 0 bridgehead atoms. The second-order valence-corrected chi connectivity index (χ2v) is 2.94. The third kappa shape index (κ3) is 3.31. The van der Waals surface area contributed by atoms with Crippen molar-refractivity contribution in [3.63, 3.8) is 0 Å². The van der Waals surface area contributed by atoms with Gasteiger partial charge in [-0.2, -0.15) is 4.98 Å². The number of hydrogen-bond acceptors (Lipinski definition) is 4. The summed E-state index contributed by atoms with van der Waals surface area (Å²) in [4.78, 5) is 7.70. The summed E-state index contributed by atoms with van der Waals surface area (Å²) < 4.78 is 0. The Kier molecular flexibility index (Phi) is 3.74. The van der Waals surface area contributed by atoms with Crippen LogP contribution in [0.2, 0.25) is 0 Å². The Morgan fingerprint density at radius 3 is 2.79 bits per heavy atom. The van der Waals surface area contributed by atoms with Crippen molar-refractivity contribution in [2.24, 2.45) is 0 Å². The van der Waals surface area contributed by atoms with Gasteiger partial charge in [0.2, 0.25) is 5.95 Å². The van der Waals surface area contributed by atoms with Gasteiger partial charge >= 0.3 is 0 Å². The van der Waals surface area contributed by atoms with Crippen LogP contribution in [-0.2, 0) is 0 Å². The average molecular weight is 190 g/mol. The van der Waals surface area contributed by atoms with Crippen LogP contribution in [0.15, 0.2) is 6.07 Å². The lowest BCUT2D eigenvalue weighted by Crippen LogP contribution is -2.00. The summed E-state index contributed by atoms with van der Waals surface area (Å²) in [5, 5.41) is 0. The Labute approximate surface area is 83.7 Å². The second kappa shape index (κ2) is 5.07. The summed E-state index contributed by atoms with van der Waals surface area (Å²) in [6, 6.07) is 1.62. The third-order valence-electron chi connectivity index (χ3n) is 1.64. The summed E-state index contributed by atoms with van der Waals surface area (Å²) in [5.74, 6) is 6.44. The van der Waals surface area contributed by atoms with Gasteiger partial charge in [0.05, 0.1) is 0 Å². The van der Waals surface area contributed by atoms with Crippen molar-refractivity contribution in [3.05, 3.63) is 11.8 Å². The van der Waals surface area contributed by atoms with E-state index in [0.717, 1.165) is 19.3 Å². The molecule has 0 aliphatic heterocycles. The van der Waals surface area contributed by atoms with Crippen LogP contribution in [0.4, 0.5) is 11.8 Å². The van der Waals surface area contributed by atoms with Crippen LogP contribution >= 0.6 is 0 Å². The fourth-order valence-corrected chi connectivity index (χ4v) is 0.968. The van der Waals surface area contributed by atoms with Gasteiger partial charge in [0, 0.05) is 12.5 Å². The molecule has 4 nitrogen and oxygen atoms in total. The number of nitrogens with zero attached hydrogens (tertiary/aromatic N) is 2. The molecule has 0 saturated carbocycles. The zero-order chi connectivity index (χ0) is 10.4. The zero-order valence-electron chi connectivity index (χ0n) is 8.25. The van der Waals surface area contributed by atoms with Crippen molar-refractivity contribution < 1.29 is 0 Å². The highest BCUT2D eigenvalue weighted by molar-refractivity contribution is 5.42. The third-order valence-corrected chi connectivity index (χ3v) is 1.64. The molecule has 1 heterocycles. The SMILES string of the molecule is CCCCC#Cc1cc(N)nc(N)n1. The summed E-state index contributed by atoms with van der Waals surface area (Å²) >= 11 is 0. The Hall–Kier alpha value is -1.76. The summed E-state index contributed by atoms with van der Waals surface area (Å²) in [7, 11) is 0. The molecule has 0 saturated heterocycles. The minimum absolute atomic E-state index is 0.171. The maximum atomic E-state index is 5.49. The number of nitrogen functional groups attached to an aromatic ring is 2. The lowest BCUT2D eigenvalue weighted by molar-refractivity contribution is 0.828. The largest absolute Gasteiger partial charge is 0.383 e. The number of unbranched alkanes of at least 4 members (excludes halogenated alkanes) is 2. The molecule has 0 radical (unpaired) electrons. The van der Waals surface area contributed by atoms with Gasteiger partial charge in [0.15, 0.2) is 0 Å². The van der Waals surface area contributed by atoms with Crippen LogP contribution in [0.25, 0.3) is 0 Å². The van der Waals surface area contributed by atoms with Crippen LogP contribution in [0, 0.1) is 11.8 Å². The topological polar surface area (TPSA) is 77.8 Å². The Morgan fingerprint density at radius 1 is 1.36 bits per heavy atom. The lowest BCUT2D eigenvalue weighted by atomic mass is 10.2. The first kappa shape index (κ1) is 10.3. The molecule has 0 amide bonds. The Morgan fingerprint density at radius 2 is 2.14 bits per heavy atom. The molecule has 0 unspecified atom stereocenters. The molecule has 0 atom stereocenters. The van der Waals surface area contributed by atoms with Gasteiger partial charge in [0.1, 0.15) is 11.5 Å². The van der Waals surface area contributed by atoms with Gasteiger partial charge in [-0.05, 0) is 12.3 Å². The van der Waals surface area contributed by atoms with Crippen molar-refractivity contribution in [2.45, 2.75) is 26.2 Å². The molecule has 0 aliphatic rings. The fourth-order valence-electron chi connectivity index (χ4n) is 0.968. The second-order valence-electron chi connectivity index (χ2n) is 2.94. The molecular formula is C10H14N4. The van der Waals surface area contributed by atoms with Crippen molar-refractivity contribution in [1.29, 1.82) is 0 Å². The number of hydrogen-bond donors (Lipinski definition) is 2. The average Bonchev–Trinajstić information content (AvgIpc) is 2.11. The van der Waals surface area contributed by atoms with E-state index in [4.69, 9.17) is 11.5 Å². The van der Waals surface area contributed by atoms with Crippen molar-refractivity contribution in [2.75, 3.05) is 11.5 Å². The van der Waals surface area contributed by atoms with Crippen molar-refractivity contribution in [1.82, 2.24) is 9.97 Å². The quantitative estimate of drug-likeness (QED) is 0.542. The molecule has 1 rings (SSSR count). The number of nitrogens with two attached hydrogens (primary N) is 2. The Bertz CT molecular complexity index is 342. The predicted molar refractivity (Wildman–Crippen MR) is 57.3 cm³/mol. The zero-order valence-corrected chi connectivity index (χ0v) is 8.25. The highest BCUT2D eigenvalue weighted by Gasteiger charge is 1.95. The maximum absolute atomic E-state index is 5.49. The van der Waals surface area contributed by atoms with Crippen LogP contribution in [-0.4, -0.2) is 9.97 Å². The molecule has 1 aromatic rings. The molecule has 4 N–H and O–H groups in total. The van der Waals surface area contributed by atoms with Crippen LogP contribution in [0.5, 0.6) is 0 Å². The van der Waals surface area contributed by atoms with E-state index in [1.54, 1.807) is 6.07 Å². The smallest absolute Gasteiger partial charge is 0.223 e.